The molecule has 0 radical (unpaired) electrons. The Morgan fingerprint density at radius 1 is 1.33 bits per heavy atom. The van der Waals surface area contributed by atoms with Gasteiger partial charge in [-0.25, -0.2) is 0 Å². The van der Waals surface area contributed by atoms with E-state index in [-0.39, 0.29) is 5.48 Å². The van der Waals surface area contributed by atoms with Gasteiger partial charge >= 0.3 is 25.3 Å². The topological polar surface area (TPSA) is 115 Å². The van der Waals surface area contributed by atoms with Crippen molar-refractivity contribution in [3.63, 3.8) is 0 Å². The van der Waals surface area contributed by atoms with E-state index in [1.165, 1.54) is 0 Å². The zero-order valence-electron chi connectivity index (χ0n) is 2.80. The molecule has 0 unspecified atom stereocenters. The fraction of sp³-hybridized carbons (Fsp3) is 0. The summed E-state index contributed by atoms with van der Waals surface area (Å²) in [6, 6.07) is 0. The molecule has 0 rings (SSSR count). The molecule has 0 bridgehead atoms. The second-order valence-corrected chi connectivity index (χ2v) is 0.403. The maximum absolute atomic E-state index is 8.50. The van der Waals surface area contributed by atoms with Crippen molar-refractivity contribution in [2.24, 2.45) is 5.84 Å². The standard InChI is InChI=1S/Mo.H3N2.H2O.2O/c;1-2;;;/h;1H,2H2;1H2;;/q;-1;;;. The molecule has 0 saturated carbocycles. The van der Waals surface area contributed by atoms with Crippen LogP contribution in [0.2, 0.25) is 0 Å². The molecule has 6 heteroatoms. The number of nitrogens with two attached hydrogens (primary N) is 1. The Hall–Kier alpha value is 0.168. The van der Waals surface area contributed by atoms with E-state index < -0.39 is 18.5 Å². The van der Waals surface area contributed by atoms with E-state index in [0.717, 1.165) is 0 Å². The molecule has 0 fully saturated rings. The van der Waals surface area contributed by atoms with Gasteiger partial charge in [-0.05, 0) is 0 Å². The molecule has 40 valence electrons. The van der Waals surface area contributed by atoms with Gasteiger partial charge in [-0.2, -0.15) is 0 Å². The Morgan fingerprint density at radius 3 is 1.33 bits per heavy atom. The number of nitrogens with one attached hydrogen (secondary N) is 1. The van der Waals surface area contributed by atoms with Crippen LogP contribution in [0.15, 0.2) is 0 Å². The molecule has 0 aliphatic rings. The predicted molar refractivity (Wildman–Crippen MR) is 13.5 cm³/mol. The van der Waals surface area contributed by atoms with Crippen molar-refractivity contribution in [3.8, 4) is 0 Å². The second kappa shape index (κ2) is 65.8. The van der Waals surface area contributed by atoms with Gasteiger partial charge in [-0.15, -0.1) is 0 Å². The molecule has 0 aromatic heterocycles. The van der Waals surface area contributed by atoms with Crippen LogP contribution in [0.25, 0.3) is 5.84 Å². The van der Waals surface area contributed by atoms with Gasteiger partial charge in [0.15, 0.2) is 0 Å². The van der Waals surface area contributed by atoms with Crippen LogP contribution in [0.3, 0.4) is 0 Å². The summed E-state index contributed by atoms with van der Waals surface area (Å²) in [6.07, 6.45) is 0. The molecule has 0 amide bonds. The van der Waals surface area contributed by atoms with Gasteiger partial charge < -0.3 is 17.2 Å². The van der Waals surface area contributed by atoms with E-state index in [1.807, 2.05) is 0 Å². The zero-order chi connectivity index (χ0) is 4.71. The van der Waals surface area contributed by atoms with Crippen LogP contribution < -0.4 is 5.84 Å². The summed E-state index contributed by atoms with van der Waals surface area (Å²) in [5, 5.41) is 0. The van der Waals surface area contributed by atoms with Gasteiger partial charge in [0.05, 0.1) is 0 Å². The predicted octanol–water partition coefficient (Wildman–Crippen LogP) is -1.15. The normalized spacial score (nSPS) is 3.00. The summed E-state index contributed by atoms with van der Waals surface area (Å²) in [6.45, 7) is 0. The van der Waals surface area contributed by atoms with E-state index in [4.69, 9.17) is 12.6 Å². The molecular weight excluding hydrogens is 172 g/mol. The molecule has 0 saturated heterocycles. The third-order valence-corrected chi connectivity index (χ3v) is 0. The molecule has 5 nitrogen and oxygen atoms in total. The van der Waals surface area contributed by atoms with Crippen LogP contribution in [-0.4, -0.2) is 5.48 Å². The van der Waals surface area contributed by atoms with E-state index in [9.17, 15) is 0 Å². The Labute approximate surface area is 43.1 Å². The van der Waals surface area contributed by atoms with Gasteiger partial charge in [0.25, 0.3) is 0 Å². The number of hydrogen-bond acceptors (Lipinski definition) is 3. The van der Waals surface area contributed by atoms with Gasteiger partial charge in [0, 0.05) is 0 Å². The Morgan fingerprint density at radius 2 is 1.33 bits per heavy atom. The fourth-order valence-corrected chi connectivity index (χ4v) is 0. The summed E-state index contributed by atoms with van der Waals surface area (Å²) in [7, 11) is 0. The van der Waals surface area contributed by atoms with Crippen molar-refractivity contribution in [1.29, 1.82) is 0 Å². The first-order chi connectivity index (χ1) is 2.41. The average Bonchev–Trinajstić information content (AvgIpc) is 1.46. The fourth-order valence-electron chi connectivity index (χ4n) is 0. The third-order valence-electron chi connectivity index (χ3n) is 0. The monoisotopic (exact) mass is 179 g/mol. The first kappa shape index (κ1) is 16.4. The quantitative estimate of drug-likeness (QED) is 0.286. The van der Waals surface area contributed by atoms with Gasteiger partial charge in [-0.3, -0.25) is 0 Å². The third kappa shape index (κ3) is 1480. The van der Waals surface area contributed by atoms with Crippen molar-refractivity contribution in [2.75, 3.05) is 0 Å². The van der Waals surface area contributed by atoms with Crippen LogP contribution in [0.5, 0.6) is 0 Å². The van der Waals surface area contributed by atoms with Crippen molar-refractivity contribution in [1.82, 2.24) is 0 Å². The molecule has 0 aliphatic carbocycles. The summed E-state index contributed by atoms with van der Waals surface area (Å²) < 4.78 is 17.0. The number of rotatable bonds is 0. The molecule has 0 atom stereocenters. The Kier molecular flexibility index (Phi) is 180. The van der Waals surface area contributed by atoms with Crippen LogP contribution in [-0.2, 0) is 25.3 Å². The summed E-state index contributed by atoms with van der Waals surface area (Å²) in [5.74, 6) is 9.00. The van der Waals surface area contributed by atoms with E-state index in [0.29, 0.717) is 0 Å². The van der Waals surface area contributed by atoms with Gasteiger partial charge in [-0.1, -0.05) is 0 Å². The van der Waals surface area contributed by atoms with Crippen LogP contribution in [0.1, 0.15) is 0 Å². The van der Waals surface area contributed by atoms with Crippen LogP contribution in [0.4, 0.5) is 0 Å². The van der Waals surface area contributed by atoms with Gasteiger partial charge in [0.2, 0.25) is 0 Å². The number of hydrogen-bond donors (Lipinski definition) is 1. The first-order valence-electron chi connectivity index (χ1n) is 0.622. The van der Waals surface area contributed by atoms with E-state index in [1.54, 1.807) is 0 Å². The molecule has 0 aliphatic heterocycles. The molecule has 0 heterocycles. The summed E-state index contributed by atoms with van der Waals surface area (Å²) in [4.78, 5) is 0. The molecule has 0 aromatic rings. The zero-order valence-corrected chi connectivity index (χ0v) is 4.81. The van der Waals surface area contributed by atoms with Crippen LogP contribution >= 0.6 is 0 Å². The molecular formula is H5MoN2O3-. The van der Waals surface area contributed by atoms with Crippen LogP contribution in [0, 0.1) is 0 Å². The maximum atomic E-state index is 8.50. The molecule has 6 heavy (non-hydrogen) atoms. The summed E-state index contributed by atoms with van der Waals surface area (Å²) >= 11 is -2.03. The minimum atomic E-state index is -2.03. The average molecular weight is 177 g/mol. The molecule has 5 N–H and O–H groups in total. The molecule has 0 aromatic carbocycles. The van der Waals surface area contributed by atoms with Crippen molar-refractivity contribution in [3.05, 3.63) is 5.84 Å². The Bertz CT molecular complexity index is 29.8. The van der Waals surface area contributed by atoms with Crippen molar-refractivity contribution >= 4 is 0 Å². The van der Waals surface area contributed by atoms with Crippen molar-refractivity contribution < 1.29 is 30.8 Å². The SMILES string of the molecule is O.[NH-]N.[O]=[Mo]=[O]. The van der Waals surface area contributed by atoms with Crippen molar-refractivity contribution in [2.45, 2.75) is 0 Å². The second-order valence-electron chi connectivity index (χ2n) is 0.0680. The minimum absolute atomic E-state index is 0. The van der Waals surface area contributed by atoms with E-state index >= 15 is 0 Å². The first-order valence-corrected chi connectivity index (χ1v) is 2.26. The van der Waals surface area contributed by atoms with Gasteiger partial charge in [0.1, 0.15) is 0 Å². The van der Waals surface area contributed by atoms with E-state index in [2.05, 4.69) is 5.84 Å². The molecule has 0 spiro atoms. The Balaban J connectivity index is -0.0000000275. The summed E-state index contributed by atoms with van der Waals surface area (Å²) in [5.41, 5.74) is 0.